The van der Waals surface area contributed by atoms with E-state index in [4.69, 9.17) is 0 Å². The van der Waals surface area contributed by atoms with Gasteiger partial charge >= 0.3 is 0 Å². The van der Waals surface area contributed by atoms with Gasteiger partial charge in [-0.05, 0) is 42.9 Å². The normalized spacial score (nSPS) is 16.1. The van der Waals surface area contributed by atoms with Crippen LogP contribution in [0.25, 0.3) is 10.8 Å². The Morgan fingerprint density at radius 3 is 2.70 bits per heavy atom. The first-order valence-electron chi connectivity index (χ1n) is 9.57. The molecule has 1 amide bonds. The zero-order chi connectivity index (χ0) is 18.8. The minimum Gasteiger partial charge on any atom is -0.344 e. The van der Waals surface area contributed by atoms with Crippen LogP contribution in [0.3, 0.4) is 0 Å². The highest BCUT2D eigenvalue weighted by Gasteiger charge is 2.24. The Morgan fingerprint density at radius 2 is 1.89 bits per heavy atom. The summed E-state index contributed by atoms with van der Waals surface area (Å²) in [5.41, 5.74) is 2.65. The predicted molar refractivity (Wildman–Crippen MR) is 106 cm³/mol. The zero-order valence-electron chi connectivity index (χ0n) is 15.4. The van der Waals surface area contributed by atoms with Crippen molar-refractivity contribution in [1.82, 2.24) is 15.1 Å². The van der Waals surface area contributed by atoms with Crippen molar-refractivity contribution in [1.29, 1.82) is 0 Å². The molecule has 1 N–H and O–H groups in total. The molecule has 5 nitrogen and oxygen atoms in total. The van der Waals surface area contributed by atoms with E-state index in [1.807, 2.05) is 31.2 Å². The van der Waals surface area contributed by atoms with E-state index in [1.54, 1.807) is 12.1 Å². The highest BCUT2D eigenvalue weighted by molar-refractivity contribution is 6.04. The highest BCUT2D eigenvalue weighted by Crippen LogP contribution is 2.29. The van der Waals surface area contributed by atoms with Crippen molar-refractivity contribution in [3.63, 3.8) is 0 Å². The summed E-state index contributed by atoms with van der Waals surface area (Å²) >= 11 is 0. The van der Waals surface area contributed by atoms with Crippen LogP contribution >= 0.6 is 0 Å². The summed E-state index contributed by atoms with van der Waals surface area (Å²) in [4.78, 5) is 25.7. The molecule has 4 rings (SSSR count). The summed E-state index contributed by atoms with van der Waals surface area (Å²) in [5.74, 6) is -0.224. The quantitative estimate of drug-likeness (QED) is 0.772. The SMILES string of the molecule is CCCn1nc(C(=O)N[C@H]2CCCc3ccccc32)c2ccccc2c1=O. The number of fused-ring (bicyclic) bond motifs is 2. The fourth-order valence-electron chi connectivity index (χ4n) is 3.90. The lowest BCUT2D eigenvalue weighted by atomic mass is 9.87. The lowest BCUT2D eigenvalue weighted by molar-refractivity contribution is 0.0927. The summed E-state index contributed by atoms with van der Waals surface area (Å²) in [5, 5.41) is 8.70. The summed E-state index contributed by atoms with van der Waals surface area (Å²) < 4.78 is 1.41. The van der Waals surface area contributed by atoms with Crippen LogP contribution in [0.2, 0.25) is 0 Å². The van der Waals surface area contributed by atoms with Gasteiger partial charge < -0.3 is 5.32 Å². The van der Waals surface area contributed by atoms with Crippen LogP contribution in [-0.2, 0) is 13.0 Å². The molecular weight excluding hydrogens is 338 g/mol. The monoisotopic (exact) mass is 361 g/mol. The van der Waals surface area contributed by atoms with Gasteiger partial charge in [0.2, 0.25) is 0 Å². The molecule has 1 aliphatic rings. The van der Waals surface area contributed by atoms with Crippen LogP contribution in [-0.4, -0.2) is 15.7 Å². The lowest BCUT2D eigenvalue weighted by Crippen LogP contribution is -2.34. The minimum atomic E-state index is -0.224. The number of aromatic nitrogens is 2. The summed E-state index contributed by atoms with van der Waals surface area (Å²) in [6.45, 7) is 2.48. The van der Waals surface area contributed by atoms with Gasteiger partial charge in [-0.25, -0.2) is 4.68 Å². The van der Waals surface area contributed by atoms with Crippen molar-refractivity contribution in [3.8, 4) is 0 Å². The number of hydrogen-bond donors (Lipinski definition) is 1. The van der Waals surface area contributed by atoms with Gasteiger partial charge in [-0.15, -0.1) is 0 Å². The van der Waals surface area contributed by atoms with Gasteiger partial charge in [-0.2, -0.15) is 5.10 Å². The Morgan fingerprint density at radius 1 is 1.15 bits per heavy atom. The maximum Gasteiger partial charge on any atom is 0.274 e. The number of aryl methyl sites for hydroxylation is 2. The van der Waals surface area contributed by atoms with Gasteiger partial charge in [0.15, 0.2) is 5.69 Å². The third-order valence-electron chi connectivity index (χ3n) is 5.19. The highest BCUT2D eigenvalue weighted by atomic mass is 16.2. The van der Waals surface area contributed by atoms with Crippen LogP contribution in [0, 0.1) is 0 Å². The van der Waals surface area contributed by atoms with Gasteiger partial charge in [0.25, 0.3) is 11.5 Å². The molecule has 0 bridgehead atoms. The first-order chi connectivity index (χ1) is 13.2. The molecule has 0 aliphatic heterocycles. The van der Waals surface area contributed by atoms with Crippen molar-refractivity contribution >= 4 is 16.7 Å². The maximum absolute atomic E-state index is 13.1. The zero-order valence-corrected chi connectivity index (χ0v) is 15.4. The topological polar surface area (TPSA) is 64.0 Å². The third kappa shape index (κ3) is 3.25. The number of nitrogens with zero attached hydrogens (tertiary/aromatic N) is 2. The molecule has 0 radical (unpaired) electrons. The molecule has 0 spiro atoms. The summed E-state index contributed by atoms with van der Waals surface area (Å²) in [7, 11) is 0. The van der Waals surface area contributed by atoms with E-state index in [2.05, 4.69) is 22.5 Å². The van der Waals surface area contributed by atoms with E-state index in [0.717, 1.165) is 25.7 Å². The smallest absolute Gasteiger partial charge is 0.274 e. The van der Waals surface area contributed by atoms with Gasteiger partial charge in [-0.1, -0.05) is 49.4 Å². The number of carbonyl (C=O) groups excluding carboxylic acids is 1. The average molecular weight is 361 g/mol. The third-order valence-corrected chi connectivity index (χ3v) is 5.19. The van der Waals surface area contributed by atoms with E-state index in [9.17, 15) is 9.59 Å². The van der Waals surface area contributed by atoms with Gasteiger partial charge in [0.1, 0.15) is 0 Å². The molecule has 1 heterocycles. The molecule has 3 aromatic rings. The number of hydrogen-bond acceptors (Lipinski definition) is 3. The molecule has 1 atom stereocenters. The fraction of sp³-hybridized carbons (Fsp3) is 0.318. The Labute approximate surface area is 158 Å². The second kappa shape index (κ2) is 7.35. The molecule has 27 heavy (non-hydrogen) atoms. The van der Waals surface area contributed by atoms with Crippen LogP contribution in [0.5, 0.6) is 0 Å². The average Bonchev–Trinajstić information content (AvgIpc) is 2.70. The van der Waals surface area contributed by atoms with E-state index in [1.165, 1.54) is 15.8 Å². The Bertz CT molecular complexity index is 1050. The van der Waals surface area contributed by atoms with Crippen molar-refractivity contribution in [2.45, 2.75) is 45.2 Å². The Balaban J connectivity index is 1.73. The molecule has 0 fully saturated rings. The Hall–Kier alpha value is -2.95. The van der Waals surface area contributed by atoms with Crippen molar-refractivity contribution in [2.75, 3.05) is 0 Å². The fourth-order valence-corrected chi connectivity index (χ4v) is 3.90. The first kappa shape index (κ1) is 17.5. The molecule has 0 saturated heterocycles. The summed E-state index contributed by atoms with van der Waals surface area (Å²) in [6.07, 6.45) is 3.79. The molecule has 1 aliphatic carbocycles. The van der Waals surface area contributed by atoms with E-state index < -0.39 is 0 Å². The molecule has 5 heteroatoms. The molecule has 0 unspecified atom stereocenters. The van der Waals surface area contributed by atoms with E-state index >= 15 is 0 Å². The largest absolute Gasteiger partial charge is 0.344 e. The van der Waals surface area contributed by atoms with Crippen LogP contribution in [0.15, 0.2) is 53.3 Å². The second-order valence-corrected chi connectivity index (χ2v) is 7.04. The van der Waals surface area contributed by atoms with E-state index in [-0.39, 0.29) is 17.5 Å². The number of rotatable bonds is 4. The van der Waals surface area contributed by atoms with Crippen LogP contribution in [0.1, 0.15) is 53.8 Å². The molecule has 1 aromatic heterocycles. The number of amides is 1. The minimum absolute atomic E-state index is 0.0189. The number of carbonyl (C=O) groups is 1. The standard InChI is InChI=1S/C22H23N3O2/c1-2-14-25-22(27)18-12-6-5-11-17(18)20(24-25)21(26)23-19-13-7-9-15-8-3-4-10-16(15)19/h3-6,8,10-12,19H,2,7,9,13-14H2,1H3,(H,23,26)/t19-/m0/s1. The molecule has 0 saturated carbocycles. The summed E-state index contributed by atoms with van der Waals surface area (Å²) in [6, 6.07) is 15.5. The van der Waals surface area contributed by atoms with Crippen molar-refractivity contribution < 1.29 is 4.79 Å². The second-order valence-electron chi connectivity index (χ2n) is 7.04. The maximum atomic E-state index is 13.1. The van der Waals surface area contributed by atoms with Crippen molar-refractivity contribution in [3.05, 3.63) is 75.7 Å². The van der Waals surface area contributed by atoms with Gasteiger partial charge in [0.05, 0.1) is 11.4 Å². The Kier molecular flexibility index (Phi) is 4.75. The number of nitrogens with one attached hydrogen (secondary N) is 1. The van der Waals surface area contributed by atoms with Crippen LogP contribution < -0.4 is 10.9 Å². The van der Waals surface area contributed by atoms with Gasteiger partial charge in [0, 0.05) is 11.9 Å². The van der Waals surface area contributed by atoms with Crippen molar-refractivity contribution in [2.24, 2.45) is 0 Å². The van der Waals surface area contributed by atoms with E-state index in [0.29, 0.717) is 23.0 Å². The van der Waals surface area contributed by atoms with Crippen LogP contribution in [0.4, 0.5) is 0 Å². The molecule has 138 valence electrons. The number of benzene rings is 2. The lowest BCUT2D eigenvalue weighted by Gasteiger charge is -2.26. The first-order valence-corrected chi connectivity index (χ1v) is 9.57. The van der Waals surface area contributed by atoms with Gasteiger partial charge in [-0.3, -0.25) is 9.59 Å². The molecule has 2 aromatic carbocycles. The predicted octanol–water partition coefficient (Wildman–Crippen LogP) is 3.61. The molecular formula is C22H23N3O2.